The predicted octanol–water partition coefficient (Wildman–Crippen LogP) is 14.5. The molecule has 0 unspecified atom stereocenters. The quantitative estimate of drug-likeness (QED) is 0.0484. The van der Waals surface area contributed by atoms with Crippen molar-refractivity contribution >= 4 is 28.9 Å². The number of hydrogen-bond donors (Lipinski definition) is 1. The van der Waals surface area contributed by atoms with E-state index in [1.54, 1.807) is 0 Å². The second-order valence-corrected chi connectivity index (χ2v) is 18.0. The smallest absolute Gasteiger partial charge is 0.307 e. The molecule has 0 atom stereocenters. The number of unbranched alkanes of at least 4 members (excludes halogenated alkanes) is 31. The highest BCUT2D eigenvalue weighted by molar-refractivity contribution is 8.13. The Morgan fingerprint density at radius 2 is 0.750 bits per heavy atom. The minimum absolute atomic E-state index is 0.0140. The molecule has 332 valence electrons. The Kier molecular flexibility index (Phi) is 43.8. The van der Waals surface area contributed by atoms with Gasteiger partial charge in [-0.3, -0.25) is 14.4 Å². The second kappa shape index (κ2) is 44.8. The van der Waals surface area contributed by atoms with Gasteiger partial charge in [0.15, 0.2) is 0 Å². The molecule has 0 aliphatic rings. The maximum absolute atomic E-state index is 12.7. The van der Waals surface area contributed by atoms with E-state index >= 15 is 0 Å². The molecule has 0 saturated carbocycles. The van der Waals surface area contributed by atoms with Crippen LogP contribution in [0.2, 0.25) is 0 Å². The Labute approximate surface area is 352 Å². The van der Waals surface area contributed by atoms with Crippen molar-refractivity contribution in [3.63, 3.8) is 0 Å². The zero-order valence-corrected chi connectivity index (χ0v) is 38.6. The van der Waals surface area contributed by atoms with Gasteiger partial charge in [0.05, 0.1) is 32.1 Å². The number of esters is 2. The van der Waals surface area contributed by atoms with Gasteiger partial charge in [-0.1, -0.05) is 218 Å². The lowest BCUT2D eigenvalue weighted by Gasteiger charge is -2.17. The van der Waals surface area contributed by atoms with E-state index in [0.717, 1.165) is 45.1 Å². The molecular formula is C48H94N2O5S. The van der Waals surface area contributed by atoms with Gasteiger partial charge in [-0.2, -0.15) is 0 Å². The van der Waals surface area contributed by atoms with Crippen LogP contribution in [0.4, 0.5) is 4.79 Å². The molecule has 0 aliphatic heterocycles. The molecule has 8 heteroatoms. The van der Waals surface area contributed by atoms with Gasteiger partial charge >= 0.3 is 11.9 Å². The van der Waals surface area contributed by atoms with Crippen LogP contribution in [0.15, 0.2) is 0 Å². The highest BCUT2D eigenvalue weighted by atomic mass is 32.2. The van der Waals surface area contributed by atoms with Crippen LogP contribution >= 0.6 is 11.8 Å². The van der Waals surface area contributed by atoms with E-state index in [1.165, 1.54) is 192 Å². The van der Waals surface area contributed by atoms with Crippen LogP contribution in [-0.2, 0) is 19.1 Å². The topological polar surface area (TPSA) is 84.9 Å². The lowest BCUT2D eigenvalue weighted by Crippen LogP contribution is -2.37. The number of nitrogens with one attached hydrogen (secondary N) is 1. The first-order chi connectivity index (χ1) is 27.4. The fourth-order valence-corrected chi connectivity index (χ4v) is 8.05. The Bertz CT molecular complexity index is 805. The molecule has 0 aromatic heterocycles. The van der Waals surface area contributed by atoms with E-state index in [9.17, 15) is 14.4 Å². The molecule has 0 radical (unpaired) electrons. The average Bonchev–Trinajstić information content (AvgIpc) is 3.17. The van der Waals surface area contributed by atoms with Crippen molar-refractivity contribution in [3.05, 3.63) is 0 Å². The molecule has 0 aliphatic carbocycles. The van der Waals surface area contributed by atoms with Crippen LogP contribution in [0.1, 0.15) is 245 Å². The summed E-state index contributed by atoms with van der Waals surface area (Å²) in [6, 6.07) is -0.617. The van der Waals surface area contributed by atoms with E-state index in [2.05, 4.69) is 24.1 Å². The van der Waals surface area contributed by atoms with Gasteiger partial charge in [0.2, 0.25) is 0 Å². The zero-order chi connectivity index (χ0) is 41.0. The minimum Gasteiger partial charge on any atom is -0.466 e. The van der Waals surface area contributed by atoms with E-state index in [4.69, 9.17) is 9.47 Å². The number of amides is 1. The van der Waals surface area contributed by atoms with Crippen LogP contribution < -0.4 is 5.32 Å². The molecule has 0 saturated heterocycles. The molecule has 1 N–H and O–H groups in total. The summed E-state index contributed by atoms with van der Waals surface area (Å²) >= 11 is 1.22. The second-order valence-electron chi connectivity index (χ2n) is 16.9. The van der Waals surface area contributed by atoms with Gasteiger partial charge in [-0.05, 0) is 46.3 Å². The summed E-state index contributed by atoms with van der Waals surface area (Å²) in [6.45, 7) is 6.32. The van der Waals surface area contributed by atoms with E-state index in [-0.39, 0.29) is 30.0 Å². The Morgan fingerprint density at radius 1 is 0.446 bits per heavy atom. The first-order valence-corrected chi connectivity index (χ1v) is 25.3. The predicted molar refractivity (Wildman–Crippen MR) is 243 cm³/mol. The minimum atomic E-state index is -0.617. The van der Waals surface area contributed by atoms with Gasteiger partial charge in [-0.25, -0.2) is 0 Å². The molecule has 0 heterocycles. The van der Waals surface area contributed by atoms with Crippen molar-refractivity contribution in [1.82, 2.24) is 10.2 Å². The maximum Gasteiger partial charge on any atom is 0.307 e. The van der Waals surface area contributed by atoms with Gasteiger partial charge < -0.3 is 19.7 Å². The van der Waals surface area contributed by atoms with Crippen molar-refractivity contribution in [1.29, 1.82) is 0 Å². The average molecular weight is 811 g/mol. The fraction of sp³-hybridized carbons (Fsp3) is 0.938. The van der Waals surface area contributed by atoms with E-state index in [0.29, 0.717) is 19.0 Å². The lowest BCUT2D eigenvalue weighted by molar-refractivity contribution is -0.146. The van der Waals surface area contributed by atoms with E-state index < -0.39 is 6.04 Å². The third kappa shape index (κ3) is 43.8. The van der Waals surface area contributed by atoms with Crippen molar-refractivity contribution in [2.45, 2.75) is 251 Å². The third-order valence-electron chi connectivity index (χ3n) is 10.9. The molecule has 0 aromatic rings. The summed E-state index contributed by atoms with van der Waals surface area (Å²) in [4.78, 5) is 40.3. The Hall–Kier alpha value is -1.28. The maximum atomic E-state index is 12.7. The number of carbonyl (C=O) groups excluding carboxylic acids is 3. The summed E-state index contributed by atoms with van der Waals surface area (Å²) in [5.74, 6) is -0.0181. The number of ether oxygens (including phenoxy) is 2. The SMILES string of the molecule is CCCCCCCCCCCCCCCCCCOC(=O)CC(CC(=O)OCCCCCCCCCCCCCCCCCC)NC(=O)SCCCCN(C)C. The highest BCUT2D eigenvalue weighted by Crippen LogP contribution is 2.16. The number of carbonyl (C=O) groups is 3. The van der Waals surface area contributed by atoms with Crippen LogP contribution in [-0.4, -0.2) is 67.7 Å². The highest BCUT2D eigenvalue weighted by Gasteiger charge is 2.22. The van der Waals surface area contributed by atoms with Crippen LogP contribution in [0.3, 0.4) is 0 Å². The van der Waals surface area contributed by atoms with Crippen molar-refractivity contribution in [3.8, 4) is 0 Å². The monoisotopic (exact) mass is 811 g/mol. The summed E-state index contributed by atoms with van der Waals surface area (Å²) in [6.07, 6.45) is 43.6. The van der Waals surface area contributed by atoms with Crippen molar-refractivity contribution < 1.29 is 23.9 Å². The van der Waals surface area contributed by atoms with Gasteiger partial charge in [-0.15, -0.1) is 0 Å². The lowest BCUT2D eigenvalue weighted by atomic mass is 10.0. The summed E-state index contributed by atoms with van der Waals surface area (Å²) in [5.41, 5.74) is 0. The summed E-state index contributed by atoms with van der Waals surface area (Å²) < 4.78 is 11.1. The molecule has 0 rings (SSSR count). The zero-order valence-electron chi connectivity index (χ0n) is 37.8. The van der Waals surface area contributed by atoms with Crippen molar-refractivity contribution in [2.75, 3.05) is 39.6 Å². The van der Waals surface area contributed by atoms with Gasteiger partial charge in [0.25, 0.3) is 5.24 Å². The number of nitrogens with zero attached hydrogens (tertiary/aromatic N) is 1. The molecule has 7 nitrogen and oxygen atoms in total. The number of thioether (sulfide) groups is 1. The molecule has 56 heavy (non-hydrogen) atoms. The Balaban J connectivity index is 4.14. The molecule has 0 spiro atoms. The van der Waals surface area contributed by atoms with Gasteiger partial charge in [0, 0.05) is 5.75 Å². The molecule has 0 bridgehead atoms. The molecule has 0 fully saturated rings. The van der Waals surface area contributed by atoms with Crippen LogP contribution in [0.5, 0.6) is 0 Å². The number of rotatable bonds is 44. The molecular weight excluding hydrogens is 717 g/mol. The third-order valence-corrected chi connectivity index (χ3v) is 11.8. The normalized spacial score (nSPS) is 11.5. The largest absolute Gasteiger partial charge is 0.466 e. The first-order valence-electron chi connectivity index (χ1n) is 24.3. The van der Waals surface area contributed by atoms with Crippen LogP contribution in [0, 0.1) is 0 Å². The first kappa shape index (κ1) is 54.7. The molecule has 0 aromatic carbocycles. The van der Waals surface area contributed by atoms with Crippen molar-refractivity contribution in [2.24, 2.45) is 0 Å². The summed E-state index contributed by atoms with van der Waals surface area (Å²) in [5, 5.41) is 2.71. The van der Waals surface area contributed by atoms with Gasteiger partial charge in [0.1, 0.15) is 0 Å². The number of hydrogen-bond acceptors (Lipinski definition) is 7. The standard InChI is InChI=1S/C48H94N2O5S/c1-5-7-9-11-13-15-17-19-21-23-25-27-29-31-33-36-40-54-46(51)43-45(49-48(53)56-42-38-35-39-50(3)4)44-47(52)55-41-37-34-32-30-28-26-24-22-20-18-16-14-12-10-8-6-2/h45H,5-44H2,1-4H3,(H,49,53). The fourth-order valence-electron chi connectivity index (χ4n) is 7.27. The molecule has 1 amide bonds. The summed E-state index contributed by atoms with van der Waals surface area (Å²) in [7, 11) is 4.09. The Morgan fingerprint density at radius 3 is 1.05 bits per heavy atom. The van der Waals surface area contributed by atoms with E-state index in [1.807, 2.05) is 14.1 Å². The van der Waals surface area contributed by atoms with Crippen LogP contribution in [0.25, 0.3) is 0 Å².